The first kappa shape index (κ1) is 12.3. The molecule has 0 aliphatic heterocycles. The summed E-state index contributed by atoms with van der Waals surface area (Å²) in [5.41, 5.74) is 1.40. The molecule has 2 rings (SSSR count). The number of nitrogens with zero attached hydrogens (tertiary/aromatic N) is 3. The van der Waals surface area contributed by atoms with Gasteiger partial charge < -0.3 is 10.0 Å². The Labute approximate surface area is 106 Å². The Morgan fingerprint density at radius 1 is 1.44 bits per heavy atom. The van der Waals surface area contributed by atoms with E-state index >= 15 is 0 Å². The molecule has 0 spiro atoms. The monoisotopic (exact) mass is 241 g/mol. The average Bonchev–Trinajstić information content (AvgIpc) is 2.36. The second-order valence-electron chi connectivity index (χ2n) is 4.39. The van der Waals surface area contributed by atoms with Gasteiger partial charge in [-0.15, -0.1) is 0 Å². The predicted octanol–water partition coefficient (Wildman–Crippen LogP) is 1.92. The molecular weight excluding hydrogens is 226 g/mol. The molecule has 92 valence electrons. The fourth-order valence-corrected chi connectivity index (χ4v) is 1.94. The third-order valence-corrected chi connectivity index (χ3v) is 2.75. The first-order valence-corrected chi connectivity index (χ1v) is 5.81. The van der Waals surface area contributed by atoms with Crippen LogP contribution in [-0.4, -0.2) is 29.8 Å². The molecule has 0 amide bonds. The van der Waals surface area contributed by atoms with E-state index in [1.807, 2.05) is 36.2 Å². The summed E-state index contributed by atoms with van der Waals surface area (Å²) in [5.74, 6) is 0.700. The van der Waals surface area contributed by atoms with E-state index in [-0.39, 0.29) is 0 Å². The standard InChI is InChI=1S/C14H15N3O/c1-10(18)9-17(2)14-7-11(8-15)12-5-3-4-6-13(12)16-14/h3-7,10,18H,9H2,1-2H3. The van der Waals surface area contributed by atoms with Crippen LogP contribution in [0.25, 0.3) is 10.9 Å². The van der Waals surface area contributed by atoms with Crippen LogP contribution in [0.4, 0.5) is 5.82 Å². The summed E-state index contributed by atoms with van der Waals surface area (Å²) in [6, 6.07) is 11.5. The minimum atomic E-state index is -0.436. The summed E-state index contributed by atoms with van der Waals surface area (Å²) < 4.78 is 0. The Morgan fingerprint density at radius 3 is 2.83 bits per heavy atom. The number of hydrogen-bond acceptors (Lipinski definition) is 4. The van der Waals surface area contributed by atoms with Gasteiger partial charge in [-0.05, 0) is 19.1 Å². The summed E-state index contributed by atoms with van der Waals surface area (Å²) >= 11 is 0. The van der Waals surface area contributed by atoms with Crippen molar-refractivity contribution in [3.63, 3.8) is 0 Å². The van der Waals surface area contributed by atoms with E-state index in [0.29, 0.717) is 17.9 Å². The van der Waals surface area contributed by atoms with Crippen LogP contribution < -0.4 is 4.90 Å². The van der Waals surface area contributed by atoms with Crippen molar-refractivity contribution in [3.05, 3.63) is 35.9 Å². The lowest BCUT2D eigenvalue weighted by Crippen LogP contribution is -2.27. The van der Waals surface area contributed by atoms with Gasteiger partial charge in [0.2, 0.25) is 0 Å². The number of likely N-dealkylation sites (N-methyl/N-ethyl adjacent to an activating group) is 1. The number of anilines is 1. The maximum atomic E-state index is 9.39. The second kappa shape index (κ2) is 5.03. The molecule has 1 atom stereocenters. The molecule has 0 bridgehead atoms. The molecule has 1 unspecified atom stereocenters. The number of nitriles is 1. The maximum Gasteiger partial charge on any atom is 0.130 e. The highest BCUT2D eigenvalue weighted by Gasteiger charge is 2.10. The van der Waals surface area contributed by atoms with Crippen molar-refractivity contribution >= 4 is 16.7 Å². The molecule has 1 aromatic heterocycles. The number of aromatic nitrogens is 1. The summed E-state index contributed by atoms with van der Waals surface area (Å²) in [6.07, 6.45) is -0.436. The van der Waals surface area contributed by atoms with Crippen LogP contribution >= 0.6 is 0 Å². The fourth-order valence-electron chi connectivity index (χ4n) is 1.94. The zero-order valence-electron chi connectivity index (χ0n) is 10.5. The minimum Gasteiger partial charge on any atom is -0.392 e. The van der Waals surface area contributed by atoms with Gasteiger partial charge in [0, 0.05) is 19.0 Å². The van der Waals surface area contributed by atoms with Gasteiger partial charge in [-0.3, -0.25) is 0 Å². The largest absolute Gasteiger partial charge is 0.392 e. The lowest BCUT2D eigenvalue weighted by molar-refractivity contribution is 0.201. The van der Waals surface area contributed by atoms with Gasteiger partial charge in [-0.2, -0.15) is 5.26 Å². The van der Waals surface area contributed by atoms with E-state index < -0.39 is 6.10 Å². The summed E-state index contributed by atoms with van der Waals surface area (Å²) in [5, 5.41) is 19.4. The van der Waals surface area contributed by atoms with E-state index in [1.165, 1.54) is 0 Å². The number of rotatable bonds is 3. The Bertz CT molecular complexity index is 602. The lowest BCUT2D eigenvalue weighted by Gasteiger charge is -2.20. The molecule has 4 nitrogen and oxygen atoms in total. The number of aliphatic hydroxyl groups excluding tert-OH is 1. The molecule has 18 heavy (non-hydrogen) atoms. The van der Waals surface area contributed by atoms with Gasteiger partial charge in [0.15, 0.2) is 0 Å². The number of aliphatic hydroxyl groups is 1. The molecule has 0 saturated carbocycles. The van der Waals surface area contributed by atoms with Crippen molar-refractivity contribution in [1.29, 1.82) is 5.26 Å². The normalized spacial score (nSPS) is 12.1. The molecule has 0 aliphatic rings. The van der Waals surface area contributed by atoms with Crippen LogP contribution in [0.15, 0.2) is 30.3 Å². The van der Waals surface area contributed by atoms with Crippen LogP contribution in [0.3, 0.4) is 0 Å². The van der Waals surface area contributed by atoms with Gasteiger partial charge >= 0.3 is 0 Å². The molecule has 1 aromatic carbocycles. The van der Waals surface area contributed by atoms with Gasteiger partial charge in [0.05, 0.1) is 23.3 Å². The van der Waals surface area contributed by atoms with Crippen molar-refractivity contribution in [3.8, 4) is 6.07 Å². The van der Waals surface area contributed by atoms with Gasteiger partial charge in [-0.1, -0.05) is 18.2 Å². The van der Waals surface area contributed by atoms with Crippen LogP contribution in [-0.2, 0) is 0 Å². The third-order valence-electron chi connectivity index (χ3n) is 2.75. The van der Waals surface area contributed by atoms with Crippen molar-refractivity contribution < 1.29 is 5.11 Å². The number of fused-ring (bicyclic) bond motifs is 1. The second-order valence-corrected chi connectivity index (χ2v) is 4.39. The van der Waals surface area contributed by atoms with E-state index in [0.717, 1.165) is 10.9 Å². The quantitative estimate of drug-likeness (QED) is 0.892. The molecule has 0 saturated heterocycles. The van der Waals surface area contributed by atoms with E-state index in [2.05, 4.69) is 11.1 Å². The zero-order valence-corrected chi connectivity index (χ0v) is 10.5. The SMILES string of the molecule is CC(O)CN(C)c1cc(C#N)c2ccccc2n1. The number of para-hydroxylation sites is 1. The molecule has 1 heterocycles. The highest BCUT2D eigenvalue weighted by Crippen LogP contribution is 2.21. The molecule has 0 fully saturated rings. The molecule has 1 N–H and O–H groups in total. The fraction of sp³-hybridized carbons (Fsp3) is 0.286. The zero-order chi connectivity index (χ0) is 13.1. The Morgan fingerprint density at radius 2 is 2.17 bits per heavy atom. The van der Waals surface area contributed by atoms with Crippen molar-refractivity contribution in [1.82, 2.24) is 4.98 Å². The van der Waals surface area contributed by atoms with Crippen LogP contribution in [0.1, 0.15) is 12.5 Å². The van der Waals surface area contributed by atoms with Crippen molar-refractivity contribution in [2.45, 2.75) is 13.0 Å². The highest BCUT2D eigenvalue weighted by atomic mass is 16.3. The minimum absolute atomic E-state index is 0.436. The first-order chi connectivity index (χ1) is 8.61. The first-order valence-electron chi connectivity index (χ1n) is 5.81. The van der Waals surface area contributed by atoms with Crippen LogP contribution in [0.2, 0.25) is 0 Å². The Balaban J connectivity index is 2.51. The number of pyridine rings is 1. The van der Waals surface area contributed by atoms with E-state index in [4.69, 9.17) is 0 Å². The summed E-state index contributed by atoms with van der Waals surface area (Å²) in [7, 11) is 1.85. The third kappa shape index (κ3) is 2.41. The molecule has 4 heteroatoms. The van der Waals surface area contributed by atoms with Crippen LogP contribution in [0.5, 0.6) is 0 Å². The van der Waals surface area contributed by atoms with Crippen molar-refractivity contribution in [2.24, 2.45) is 0 Å². The number of benzene rings is 1. The molecule has 2 aromatic rings. The summed E-state index contributed by atoms with van der Waals surface area (Å²) in [4.78, 5) is 6.35. The van der Waals surface area contributed by atoms with Crippen LogP contribution in [0, 0.1) is 11.3 Å². The number of hydrogen-bond donors (Lipinski definition) is 1. The highest BCUT2D eigenvalue weighted by molar-refractivity contribution is 5.86. The molecule has 0 aliphatic carbocycles. The summed E-state index contributed by atoms with van der Waals surface area (Å²) in [6.45, 7) is 2.21. The smallest absolute Gasteiger partial charge is 0.130 e. The van der Waals surface area contributed by atoms with E-state index in [9.17, 15) is 10.4 Å². The average molecular weight is 241 g/mol. The maximum absolute atomic E-state index is 9.39. The van der Waals surface area contributed by atoms with Gasteiger partial charge in [0.25, 0.3) is 0 Å². The Kier molecular flexibility index (Phi) is 3.45. The van der Waals surface area contributed by atoms with Crippen molar-refractivity contribution in [2.75, 3.05) is 18.5 Å². The Hall–Kier alpha value is -2.12. The predicted molar refractivity (Wildman–Crippen MR) is 71.4 cm³/mol. The topological polar surface area (TPSA) is 60.1 Å². The van der Waals surface area contributed by atoms with Gasteiger partial charge in [-0.25, -0.2) is 4.98 Å². The van der Waals surface area contributed by atoms with Gasteiger partial charge in [0.1, 0.15) is 5.82 Å². The molecule has 0 radical (unpaired) electrons. The lowest BCUT2D eigenvalue weighted by atomic mass is 10.1. The molecular formula is C14H15N3O. The van der Waals surface area contributed by atoms with E-state index in [1.54, 1.807) is 13.0 Å².